The predicted molar refractivity (Wildman–Crippen MR) is 139 cm³/mol. The first kappa shape index (κ1) is 23.8. The summed E-state index contributed by atoms with van der Waals surface area (Å²) in [4.78, 5) is 12.8. The van der Waals surface area contributed by atoms with Gasteiger partial charge in [0.1, 0.15) is 12.4 Å². The molecule has 0 aromatic heterocycles. The normalized spacial score (nSPS) is 10.9. The van der Waals surface area contributed by atoms with E-state index in [1.54, 1.807) is 19.4 Å². The average Bonchev–Trinajstić information content (AvgIpc) is 2.88. The van der Waals surface area contributed by atoms with Crippen molar-refractivity contribution >= 4 is 22.9 Å². The molecule has 35 heavy (non-hydrogen) atoms. The molecule has 0 radical (unpaired) electrons. The molecule has 6 nitrogen and oxygen atoms in total. The predicted octanol–water partition coefficient (Wildman–Crippen LogP) is 5.90. The minimum Gasteiger partial charge on any atom is -0.496 e. The highest BCUT2D eigenvalue weighted by Crippen LogP contribution is 2.29. The molecule has 0 aliphatic rings. The van der Waals surface area contributed by atoms with Crippen LogP contribution in [0.4, 0.5) is 0 Å². The molecule has 1 amide bonds. The van der Waals surface area contributed by atoms with E-state index in [4.69, 9.17) is 14.2 Å². The second-order valence-corrected chi connectivity index (χ2v) is 8.01. The van der Waals surface area contributed by atoms with E-state index in [0.29, 0.717) is 36.0 Å². The summed E-state index contributed by atoms with van der Waals surface area (Å²) < 4.78 is 17.2. The molecule has 0 saturated heterocycles. The Hall–Kier alpha value is -4.32. The van der Waals surface area contributed by atoms with E-state index in [1.165, 1.54) is 5.56 Å². The van der Waals surface area contributed by atoms with Crippen LogP contribution in [0.15, 0.2) is 84.0 Å². The van der Waals surface area contributed by atoms with Crippen molar-refractivity contribution in [1.82, 2.24) is 5.43 Å². The van der Waals surface area contributed by atoms with Gasteiger partial charge in [0.25, 0.3) is 5.91 Å². The number of amides is 1. The molecule has 0 aliphatic heterocycles. The molecule has 178 valence electrons. The molecule has 0 atom stereocenters. The second kappa shape index (κ2) is 11.2. The van der Waals surface area contributed by atoms with Gasteiger partial charge in [-0.3, -0.25) is 4.79 Å². The van der Waals surface area contributed by atoms with Crippen molar-refractivity contribution in [3.05, 3.63) is 101 Å². The van der Waals surface area contributed by atoms with Crippen molar-refractivity contribution in [3.63, 3.8) is 0 Å². The average molecular weight is 469 g/mol. The van der Waals surface area contributed by atoms with E-state index in [-0.39, 0.29) is 5.91 Å². The number of rotatable bonds is 9. The third kappa shape index (κ3) is 5.98. The topological polar surface area (TPSA) is 69.2 Å². The number of aryl methyl sites for hydroxylation is 1. The summed E-state index contributed by atoms with van der Waals surface area (Å²) in [7, 11) is 1.54. The van der Waals surface area contributed by atoms with Gasteiger partial charge in [-0.15, -0.1) is 0 Å². The van der Waals surface area contributed by atoms with Gasteiger partial charge in [-0.05, 0) is 66.1 Å². The molecular weight excluding hydrogens is 440 g/mol. The summed E-state index contributed by atoms with van der Waals surface area (Å²) >= 11 is 0. The van der Waals surface area contributed by atoms with Crippen LogP contribution in [0.5, 0.6) is 17.2 Å². The minimum absolute atomic E-state index is 0.355. The third-order valence-corrected chi connectivity index (χ3v) is 5.47. The molecule has 6 heteroatoms. The third-order valence-electron chi connectivity index (χ3n) is 5.47. The number of ether oxygens (including phenoxy) is 3. The molecule has 0 saturated carbocycles. The van der Waals surface area contributed by atoms with Crippen molar-refractivity contribution in [2.75, 3.05) is 13.7 Å². The van der Waals surface area contributed by atoms with Crippen LogP contribution in [0, 0.1) is 6.92 Å². The van der Waals surface area contributed by atoms with Gasteiger partial charge in [-0.1, -0.05) is 54.1 Å². The summed E-state index contributed by atoms with van der Waals surface area (Å²) in [5.74, 6) is 1.40. The second-order valence-electron chi connectivity index (χ2n) is 8.01. The highest BCUT2D eigenvalue weighted by atomic mass is 16.5. The molecule has 0 unspecified atom stereocenters. The first-order chi connectivity index (χ1) is 17.1. The number of nitrogens with one attached hydrogen (secondary N) is 1. The Labute approximate surface area is 205 Å². The number of fused-ring (bicyclic) bond motifs is 1. The molecule has 4 aromatic carbocycles. The zero-order valence-electron chi connectivity index (χ0n) is 20.1. The molecular formula is C29H28N2O4. The van der Waals surface area contributed by atoms with E-state index < -0.39 is 0 Å². The van der Waals surface area contributed by atoms with E-state index in [0.717, 1.165) is 21.9 Å². The Morgan fingerprint density at radius 1 is 0.886 bits per heavy atom. The van der Waals surface area contributed by atoms with E-state index in [2.05, 4.69) is 29.6 Å². The van der Waals surface area contributed by atoms with Gasteiger partial charge in [-0.25, -0.2) is 5.43 Å². The van der Waals surface area contributed by atoms with Gasteiger partial charge in [0.2, 0.25) is 0 Å². The molecule has 0 fully saturated rings. The summed E-state index contributed by atoms with van der Waals surface area (Å²) in [5.41, 5.74) is 6.05. The van der Waals surface area contributed by atoms with E-state index in [1.807, 2.05) is 67.6 Å². The SMILES string of the molecule is CCOc1cc(/C=N\NC(=O)c2cc3ccccc3cc2OC)ccc1OCc1ccc(C)cc1. The van der Waals surface area contributed by atoms with Crippen LogP contribution in [0.1, 0.15) is 34.0 Å². The van der Waals surface area contributed by atoms with Crippen LogP contribution in [0.2, 0.25) is 0 Å². The summed E-state index contributed by atoms with van der Waals surface area (Å²) in [6.45, 7) is 4.91. The summed E-state index contributed by atoms with van der Waals surface area (Å²) in [6, 6.07) is 25.2. The number of benzene rings is 4. The van der Waals surface area contributed by atoms with Crippen molar-refractivity contribution in [1.29, 1.82) is 0 Å². The van der Waals surface area contributed by atoms with Gasteiger partial charge >= 0.3 is 0 Å². The number of carbonyl (C=O) groups excluding carboxylic acids is 1. The fraction of sp³-hybridized carbons (Fsp3) is 0.172. The van der Waals surface area contributed by atoms with Gasteiger partial charge in [0, 0.05) is 0 Å². The Morgan fingerprint density at radius 3 is 2.34 bits per heavy atom. The van der Waals surface area contributed by atoms with Crippen molar-refractivity contribution in [2.45, 2.75) is 20.5 Å². The Balaban J connectivity index is 1.45. The fourth-order valence-corrected chi connectivity index (χ4v) is 3.63. The number of methoxy groups -OCH3 is 1. The lowest BCUT2D eigenvalue weighted by Crippen LogP contribution is -2.18. The van der Waals surface area contributed by atoms with Gasteiger partial charge < -0.3 is 14.2 Å². The van der Waals surface area contributed by atoms with Crippen LogP contribution in [0.25, 0.3) is 10.8 Å². The van der Waals surface area contributed by atoms with Crippen LogP contribution in [-0.4, -0.2) is 25.8 Å². The Morgan fingerprint density at radius 2 is 1.63 bits per heavy atom. The van der Waals surface area contributed by atoms with Gasteiger partial charge in [0.05, 0.1) is 25.5 Å². The van der Waals surface area contributed by atoms with Crippen LogP contribution in [0.3, 0.4) is 0 Å². The Bertz CT molecular complexity index is 1350. The molecule has 0 spiro atoms. The number of nitrogens with zero attached hydrogens (tertiary/aromatic N) is 1. The number of carbonyl (C=O) groups is 1. The zero-order chi connectivity index (χ0) is 24.6. The first-order valence-electron chi connectivity index (χ1n) is 11.4. The van der Waals surface area contributed by atoms with Crippen molar-refractivity contribution in [2.24, 2.45) is 5.10 Å². The first-order valence-corrected chi connectivity index (χ1v) is 11.4. The monoisotopic (exact) mass is 468 g/mol. The van der Waals surface area contributed by atoms with E-state index in [9.17, 15) is 4.79 Å². The van der Waals surface area contributed by atoms with Crippen LogP contribution < -0.4 is 19.6 Å². The molecule has 1 N–H and O–H groups in total. The lowest BCUT2D eigenvalue weighted by Gasteiger charge is -2.13. The summed E-state index contributed by atoms with van der Waals surface area (Å²) in [5, 5.41) is 6.08. The highest BCUT2D eigenvalue weighted by Gasteiger charge is 2.13. The standard InChI is InChI=1S/C29H28N2O4/c1-4-34-28-15-22(13-14-26(28)35-19-21-11-9-20(2)10-12-21)18-30-31-29(32)25-16-23-7-5-6-8-24(23)17-27(25)33-3/h5-18H,4,19H2,1-3H3,(H,31,32)/b30-18-. The minimum atomic E-state index is -0.355. The smallest absolute Gasteiger partial charge is 0.275 e. The lowest BCUT2D eigenvalue weighted by molar-refractivity contribution is 0.0952. The fourth-order valence-electron chi connectivity index (χ4n) is 3.63. The number of hydrazone groups is 1. The Kier molecular flexibility index (Phi) is 7.63. The quantitative estimate of drug-likeness (QED) is 0.245. The largest absolute Gasteiger partial charge is 0.496 e. The van der Waals surface area contributed by atoms with Gasteiger partial charge in [0.15, 0.2) is 11.5 Å². The lowest BCUT2D eigenvalue weighted by atomic mass is 10.1. The maximum Gasteiger partial charge on any atom is 0.275 e. The maximum atomic E-state index is 12.8. The molecule has 0 bridgehead atoms. The molecule has 0 aliphatic carbocycles. The van der Waals surface area contributed by atoms with Crippen molar-refractivity contribution in [3.8, 4) is 17.2 Å². The number of hydrogen-bond acceptors (Lipinski definition) is 5. The highest BCUT2D eigenvalue weighted by molar-refractivity contribution is 6.02. The van der Waals surface area contributed by atoms with E-state index >= 15 is 0 Å². The molecule has 4 rings (SSSR count). The molecule has 0 heterocycles. The summed E-state index contributed by atoms with van der Waals surface area (Å²) in [6.07, 6.45) is 1.57. The molecule has 4 aromatic rings. The number of hydrogen-bond donors (Lipinski definition) is 1. The maximum absolute atomic E-state index is 12.8. The zero-order valence-corrected chi connectivity index (χ0v) is 20.1. The van der Waals surface area contributed by atoms with Crippen molar-refractivity contribution < 1.29 is 19.0 Å². The van der Waals surface area contributed by atoms with Gasteiger partial charge in [-0.2, -0.15) is 5.10 Å². The van der Waals surface area contributed by atoms with Crippen LogP contribution >= 0.6 is 0 Å². The van der Waals surface area contributed by atoms with Crippen LogP contribution in [-0.2, 0) is 6.61 Å².